The zero-order valence-electron chi connectivity index (χ0n) is 9.86. The Kier molecular flexibility index (Phi) is 3.84. The fraction of sp³-hybridized carbons (Fsp3) is 0.462. The second-order valence-corrected chi connectivity index (χ2v) is 6.25. The van der Waals surface area contributed by atoms with Gasteiger partial charge in [0.25, 0.3) is 0 Å². The number of nitrogens with zero attached hydrogens (tertiary/aromatic N) is 1. The topological polar surface area (TPSA) is 20.3 Å². The van der Waals surface area contributed by atoms with Crippen LogP contribution in [0, 0.1) is 0 Å². The van der Waals surface area contributed by atoms with Gasteiger partial charge in [-0.1, -0.05) is 18.2 Å². The van der Waals surface area contributed by atoms with Gasteiger partial charge in [-0.15, -0.1) is 21.4 Å². The van der Waals surface area contributed by atoms with Crippen molar-refractivity contribution in [3.8, 4) is 0 Å². The molecule has 1 heterocycles. The summed E-state index contributed by atoms with van der Waals surface area (Å²) in [6.07, 6.45) is 2.50. The summed E-state index contributed by atoms with van der Waals surface area (Å²) in [4.78, 5) is 11.9. The molecule has 0 aromatic heterocycles. The Hall–Kier alpha value is -0.870. The second kappa shape index (κ2) is 5.19. The Morgan fingerprint density at radius 2 is 2.00 bits per heavy atom. The standard InChI is InChI=1S/C13H16FNOS/c1-13(6-8-15(14)9-7-13)17-12-5-3-2-4-11(12)10-16/h2-5,10H,6-9H2,1H3. The summed E-state index contributed by atoms with van der Waals surface area (Å²) in [6.45, 7) is 3.10. The van der Waals surface area contributed by atoms with E-state index in [1.165, 1.54) is 0 Å². The number of rotatable bonds is 3. The molecule has 2 rings (SSSR count). The predicted octanol–water partition coefficient (Wildman–Crippen LogP) is 3.33. The highest BCUT2D eigenvalue weighted by molar-refractivity contribution is 8.00. The lowest BCUT2D eigenvalue weighted by molar-refractivity contribution is -0.00111. The third kappa shape index (κ3) is 3.07. The van der Waals surface area contributed by atoms with Crippen LogP contribution in [0.3, 0.4) is 0 Å². The van der Waals surface area contributed by atoms with Crippen LogP contribution >= 0.6 is 11.8 Å². The van der Waals surface area contributed by atoms with E-state index in [2.05, 4.69) is 6.92 Å². The quantitative estimate of drug-likeness (QED) is 0.609. The van der Waals surface area contributed by atoms with Crippen molar-refractivity contribution in [1.29, 1.82) is 0 Å². The number of hydrogen-bond acceptors (Lipinski definition) is 3. The molecule has 1 aromatic carbocycles. The van der Waals surface area contributed by atoms with Gasteiger partial charge in [0.2, 0.25) is 0 Å². The highest BCUT2D eigenvalue weighted by Crippen LogP contribution is 2.41. The Morgan fingerprint density at radius 3 is 2.65 bits per heavy atom. The van der Waals surface area contributed by atoms with Gasteiger partial charge < -0.3 is 0 Å². The SMILES string of the molecule is CC1(Sc2ccccc2C=O)CCN(F)CC1. The van der Waals surface area contributed by atoms with Crippen LogP contribution in [0.4, 0.5) is 4.48 Å². The molecule has 0 bridgehead atoms. The smallest absolute Gasteiger partial charge is 0.151 e. The van der Waals surface area contributed by atoms with Crippen LogP contribution in [0.1, 0.15) is 30.1 Å². The van der Waals surface area contributed by atoms with E-state index in [4.69, 9.17) is 0 Å². The lowest BCUT2D eigenvalue weighted by Crippen LogP contribution is -2.36. The molecule has 0 atom stereocenters. The van der Waals surface area contributed by atoms with Crippen molar-refractivity contribution in [1.82, 2.24) is 5.12 Å². The Balaban J connectivity index is 2.12. The molecular weight excluding hydrogens is 237 g/mol. The zero-order chi connectivity index (χ0) is 12.3. The maximum atomic E-state index is 13.0. The first-order valence-corrected chi connectivity index (χ1v) is 6.59. The van der Waals surface area contributed by atoms with Crippen molar-refractivity contribution in [2.75, 3.05) is 13.1 Å². The number of carbonyl (C=O) groups excluding carboxylic acids is 1. The average Bonchev–Trinajstić information content (AvgIpc) is 2.34. The van der Waals surface area contributed by atoms with Crippen LogP contribution in [-0.4, -0.2) is 29.2 Å². The van der Waals surface area contributed by atoms with E-state index in [9.17, 15) is 9.28 Å². The third-order valence-electron chi connectivity index (χ3n) is 3.17. The number of halogens is 1. The molecule has 1 fully saturated rings. The van der Waals surface area contributed by atoms with Gasteiger partial charge in [-0.25, -0.2) is 0 Å². The Morgan fingerprint density at radius 1 is 1.35 bits per heavy atom. The predicted molar refractivity (Wildman–Crippen MR) is 68.0 cm³/mol. The van der Waals surface area contributed by atoms with Gasteiger partial charge in [-0.3, -0.25) is 4.79 Å². The van der Waals surface area contributed by atoms with Gasteiger partial charge in [0.05, 0.1) is 0 Å². The van der Waals surface area contributed by atoms with Crippen LogP contribution in [0.25, 0.3) is 0 Å². The largest absolute Gasteiger partial charge is 0.298 e. The van der Waals surface area contributed by atoms with E-state index < -0.39 is 0 Å². The van der Waals surface area contributed by atoms with Crippen LogP contribution in [0.2, 0.25) is 0 Å². The first-order valence-electron chi connectivity index (χ1n) is 5.77. The summed E-state index contributed by atoms with van der Waals surface area (Å²) in [5.41, 5.74) is 0.724. The van der Waals surface area contributed by atoms with Gasteiger partial charge >= 0.3 is 0 Å². The minimum atomic E-state index is 0.0295. The number of benzene rings is 1. The molecule has 0 unspecified atom stereocenters. The summed E-state index contributed by atoms with van der Waals surface area (Å²) >= 11 is 1.70. The van der Waals surface area contributed by atoms with E-state index in [0.717, 1.165) is 34.7 Å². The van der Waals surface area contributed by atoms with Gasteiger partial charge in [0.1, 0.15) is 0 Å². The Bertz CT molecular complexity index is 402. The molecule has 1 aromatic rings. The molecule has 2 nitrogen and oxygen atoms in total. The highest BCUT2D eigenvalue weighted by Gasteiger charge is 2.31. The normalized spacial score (nSPS) is 20.1. The highest BCUT2D eigenvalue weighted by atomic mass is 32.2. The third-order valence-corrected chi connectivity index (χ3v) is 4.66. The summed E-state index contributed by atoms with van der Waals surface area (Å²) in [7, 11) is 0. The maximum absolute atomic E-state index is 13.0. The minimum Gasteiger partial charge on any atom is -0.298 e. The van der Waals surface area contributed by atoms with Crippen LogP contribution in [-0.2, 0) is 0 Å². The lowest BCUT2D eigenvalue weighted by Gasteiger charge is -2.35. The summed E-state index contributed by atoms with van der Waals surface area (Å²) in [5.74, 6) is 0. The molecule has 0 spiro atoms. The molecule has 1 aliphatic heterocycles. The molecule has 92 valence electrons. The second-order valence-electron chi connectivity index (χ2n) is 4.62. The van der Waals surface area contributed by atoms with E-state index in [-0.39, 0.29) is 4.75 Å². The van der Waals surface area contributed by atoms with Gasteiger partial charge in [-0.05, 0) is 25.8 Å². The molecule has 0 amide bonds. The fourth-order valence-corrected chi connectivity index (χ4v) is 3.29. The van der Waals surface area contributed by atoms with Crippen molar-refractivity contribution < 1.29 is 9.28 Å². The molecule has 0 aliphatic carbocycles. The molecule has 0 saturated carbocycles. The molecule has 0 N–H and O–H groups in total. The number of carbonyl (C=O) groups is 1. The summed E-state index contributed by atoms with van der Waals surface area (Å²) in [5, 5.41) is 0.869. The number of hydrogen-bond donors (Lipinski definition) is 0. The maximum Gasteiger partial charge on any atom is 0.151 e. The molecule has 1 aliphatic rings. The monoisotopic (exact) mass is 253 g/mol. The van der Waals surface area contributed by atoms with E-state index >= 15 is 0 Å². The van der Waals surface area contributed by atoms with Crippen molar-refractivity contribution >= 4 is 18.0 Å². The van der Waals surface area contributed by atoms with Crippen molar-refractivity contribution in [2.24, 2.45) is 0 Å². The van der Waals surface area contributed by atoms with Gasteiger partial charge in [0.15, 0.2) is 6.29 Å². The van der Waals surface area contributed by atoms with Crippen molar-refractivity contribution in [3.63, 3.8) is 0 Å². The molecule has 1 saturated heterocycles. The van der Waals surface area contributed by atoms with Gasteiger partial charge in [0, 0.05) is 28.3 Å². The van der Waals surface area contributed by atoms with Gasteiger partial charge in [-0.2, -0.15) is 0 Å². The molecular formula is C13H16FNOS. The van der Waals surface area contributed by atoms with E-state index in [1.54, 1.807) is 11.8 Å². The molecule has 0 radical (unpaired) electrons. The first-order chi connectivity index (χ1) is 8.13. The van der Waals surface area contributed by atoms with Crippen LogP contribution in [0.5, 0.6) is 0 Å². The average molecular weight is 253 g/mol. The lowest BCUT2D eigenvalue weighted by atomic mass is 9.99. The fourth-order valence-electron chi connectivity index (χ4n) is 1.99. The number of thioether (sulfide) groups is 1. The van der Waals surface area contributed by atoms with Crippen molar-refractivity contribution in [2.45, 2.75) is 29.4 Å². The van der Waals surface area contributed by atoms with E-state index in [1.807, 2.05) is 24.3 Å². The van der Waals surface area contributed by atoms with Crippen molar-refractivity contribution in [3.05, 3.63) is 29.8 Å². The van der Waals surface area contributed by atoms with Crippen LogP contribution in [0.15, 0.2) is 29.2 Å². The summed E-state index contributed by atoms with van der Waals surface area (Å²) in [6, 6.07) is 7.58. The zero-order valence-corrected chi connectivity index (χ0v) is 10.7. The Labute approximate surface area is 105 Å². The number of aldehydes is 1. The molecule has 17 heavy (non-hydrogen) atoms. The van der Waals surface area contributed by atoms with Crippen LogP contribution < -0.4 is 0 Å². The summed E-state index contributed by atoms with van der Waals surface area (Å²) < 4.78 is 13.0. The first kappa shape index (κ1) is 12.6. The molecule has 4 heteroatoms. The minimum absolute atomic E-state index is 0.0295. The van der Waals surface area contributed by atoms with E-state index in [0.29, 0.717) is 13.1 Å². The number of piperidine rings is 1.